The molecule has 1 aromatic carbocycles. The summed E-state index contributed by atoms with van der Waals surface area (Å²) in [5.74, 6) is -0.605. The molecule has 0 saturated carbocycles. The van der Waals surface area contributed by atoms with Crippen molar-refractivity contribution < 1.29 is 18.7 Å². The molecule has 1 amide bonds. The number of hydrogen-bond donors (Lipinski definition) is 0. The number of aliphatic imine (C=N–C) groups is 2. The number of amidine groups is 1. The van der Waals surface area contributed by atoms with E-state index in [1.165, 1.54) is 30.4 Å². The Morgan fingerprint density at radius 2 is 2.25 bits per heavy atom. The highest BCUT2D eigenvalue weighted by molar-refractivity contribution is 9.10. The van der Waals surface area contributed by atoms with E-state index in [2.05, 4.69) is 25.9 Å². The lowest BCUT2D eigenvalue weighted by atomic mass is 9.94. The van der Waals surface area contributed by atoms with Crippen LogP contribution in [0.3, 0.4) is 0 Å². The number of carbonyl (C=O) groups excluding carboxylic acids is 2. The number of rotatable bonds is 5. The predicted octanol–water partition coefficient (Wildman–Crippen LogP) is 4.30. The molecule has 1 fully saturated rings. The third-order valence-corrected chi connectivity index (χ3v) is 6.59. The minimum Gasteiger partial charge on any atom is -0.463 e. The van der Waals surface area contributed by atoms with E-state index in [9.17, 15) is 14.0 Å². The van der Waals surface area contributed by atoms with Crippen LogP contribution in [0.5, 0.6) is 0 Å². The van der Waals surface area contributed by atoms with E-state index in [0.29, 0.717) is 39.4 Å². The fraction of sp³-hybridized carbons (Fsp3) is 0.318. The summed E-state index contributed by atoms with van der Waals surface area (Å²) < 4.78 is 19.7. The van der Waals surface area contributed by atoms with E-state index in [-0.39, 0.29) is 18.4 Å². The lowest BCUT2D eigenvalue weighted by molar-refractivity contribution is -0.139. The molecule has 0 N–H and O–H groups in total. The summed E-state index contributed by atoms with van der Waals surface area (Å²) in [7, 11) is 0. The highest BCUT2D eigenvalue weighted by atomic mass is 79.9. The maximum atomic E-state index is 13.8. The summed E-state index contributed by atoms with van der Waals surface area (Å²) >= 11 is 4.86. The molecule has 1 saturated heterocycles. The quantitative estimate of drug-likeness (QED) is 0.435. The van der Waals surface area contributed by atoms with Crippen molar-refractivity contribution in [3.8, 4) is 0 Å². The molecule has 7 nitrogen and oxygen atoms in total. The highest BCUT2D eigenvalue weighted by Gasteiger charge is 2.42. The summed E-state index contributed by atoms with van der Waals surface area (Å²) in [5, 5.41) is 2.56. The molecular formula is C22H20BrFN4O3S. The second-order valence-electron chi connectivity index (χ2n) is 7.31. The van der Waals surface area contributed by atoms with Crippen LogP contribution in [0.15, 0.2) is 55.5 Å². The number of benzene rings is 1. The number of allylic oxidation sites excluding steroid dienone is 1. The number of halogens is 2. The maximum Gasteiger partial charge on any atom is 0.338 e. The first-order valence-corrected chi connectivity index (χ1v) is 11.7. The Balaban J connectivity index is 1.88. The number of esters is 1. The lowest BCUT2D eigenvalue weighted by Crippen LogP contribution is -2.35. The maximum absolute atomic E-state index is 13.8. The molecule has 166 valence electrons. The molecule has 2 atom stereocenters. The van der Waals surface area contributed by atoms with Gasteiger partial charge < -0.3 is 9.64 Å². The molecule has 1 aromatic heterocycles. The van der Waals surface area contributed by atoms with Gasteiger partial charge in [0, 0.05) is 47.3 Å². The van der Waals surface area contributed by atoms with Gasteiger partial charge in [-0.05, 0) is 31.0 Å². The van der Waals surface area contributed by atoms with Crippen LogP contribution < -0.4 is 0 Å². The Bertz CT molecular complexity index is 1150. The Morgan fingerprint density at radius 3 is 2.91 bits per heavy atom. The molecule has 2 aliphatic heterocycles. The normalized spacial score (nSPS) is 20.5. The SMILES string of the molecule is CCOC(=O)C1=C2CC(C=NC(C)=O)CN2C(c2nccs2)=N[C@H]1c1ccc(F)cc1Br. The lowest BCUT2D eigenvalue weighted by Gasteiger charge is -2.31. The van der Waals surface area contributed by atoms with E-state index < -0.39 is 17.8 Å². The first-order valence-electron chi connectivity index (χ1n) is 10.0. The molecule has 4 rings (SSSR count). The summed E-state index contributed by atoms with van der Waals surface area (Å²) in [5.41, 5.74) is 1.81. The van der Waals surface area contributed by atoms with Gasteiger partial charge in [0.1, 0.15) is 11.9 Å². The predicted molar refractivity (Wildman–Crippen MR) is 123 cm³/mol. The van der Waals surface area contributed by atoms with E-state index >= 15 is 0 Å². The molecule has 0 bridgehead atoms. The topological polar surface area (TPSA) is 84.2 Å². The zero-order valence-electron chi connectivity index (χ0n) is 17.4. The number of thiazole rings is 1. The van der Waals surface area contributed by atoms with Crippen LogP contribution in [0.25, 0.3) is 0 Å². The first kappa shape index (κ1) is 22.5. The molecule has 32 heavy (non-hydrogen) atoms. The summed E-state index contributed by atoms with van der Waals surface area (Å²) in [6, 6.07) is 3.62. The second-order valence-corrected chi connectivity index (χ2v) is 9.06. The Morgan fingerprint density at radius 1 is 1.44 bits per heavy atom. The van der Waals surface area contributed by atoms with Crippen LogP contribution in [0.4, 0.5) is 4.39 Å². The Labute approximate surface area is 196 Å². The van der Waals surface area contributed by atoms with Crippen molar-refractivity contribution in [2.45, 2.75) is 26.3 Å². The van der Waals surface area contributed by atoms with Gasteiger partial charge in [0.15, 0.2) is 10.8 Å². The Hall–Kier alpha value is -2.72. The third-order valence-electron chi connectivity index (χ3n) is 5.13. The van der Waals surface area contributed by atoms with Crippen molar-refractivity contribution in [3.05, 3.63) is 61.9 Å². The zero-order valence-corrected chi connectivity index (χ0v) is 19.8. The number of aromatic nitrogens is 1. The van der Waals surface area contributed by atoms with E-state index in [0.717, 1.165) is 5.70 Å². The van der Waals surface area contributed by atoms with Crippen molar-refractivity contribution in [1.82, 2.24) is 9.88 Å². The number of carbonyl (C=O) groups is 2. The fourth-order valence-electron chi connectivity index (χ4n) is 3.85. The second kappa shape index (κ2) is 9.41. The van der Waals surface area contributed by atoms with Crippen LogP contribution in [0.2, 0.25) is 0 Å². The molecule has 2 aromatic rings. The van der Waals surface area contributed by atoms with Crippen LogP contribution in [-0.2, 0) is 14.3 Å². The van der Waals surface area contributed by atoms with Crippen molar-refractivity contribution in [2.24, 2.45) is 15.9 Å². The smallest absolute Gasteiger partial charge is 0.338 e. The van der Waals surface area contributed by atoms with Crippen LogP contribution >= 0.6 is 27.3 Å². The van der Waals surface area contributed by atoms with Crippen LogP contribution in [0, 0.1) is 11.7 Å². The van der Waals surface area contributed by atoms with E-state index in [1.807, 2.05) is 10.3 Å². The molecule has 0 aliphatic carbocycles. The van der Waals surface area contributed by atoms with Crippen LogP contribution in [-0.4, -0.2) is 47.0 Å². The fourth-order valence-corrected chi connectivity index (χ4v) is 5.06. The van der Waals surface area contributed by atoms with Crippen molar-refractivity contribution in [3.63, 3.8) is 0 Å². The number of fused-ring (bicyclic) bond motifs is 1. The Kier molecular flexibility index (Phi) is 6.61. The van der Waals surface area contributed by atoms with Gasteiger partial charge in [-0.2, -0.15) is 0 Å². The van der Waals surface area contributed by atoms with Gasteiger partial charge in [-0.15, -0.1) is 11.3 Å². The van der Waals surface area contributed by atoms with Crippen LogP contribution in [0.1, 0.15) is 36.9 Å². The number of amides is 1. The van der Waals surface area contributed by atoms with Gasteiger partial charge in [0.25, 0.3) is 0 Å². The van der Waals surface area contributed by atoms with E-state index in [4.69, 9.17) is 9.73 Å². The van der Waals surface area contributed by atoms with Gasteiger partial charge in [-0.3, -0.25) is 9.79 Å². The summed E-state index contributed by atoms with van der Waals surface area (Å²) in [6.45, 7) is 3.86. The third kappa shape index (κ3) is 4.42. The van der Waals surface area contributed by atoms with Crippen molar-refractivity contribution >= 4 is 51.2 Å². The largest absolute Gasteiger partial charge is 0.463 e. The molecule has 2 aliphatic rings. The van der Waals surface area contributed by atoms with Gasteiger partial charge in [-0.1, -0.05) is 22.0 Å². The molecule has 0 spiro atoms. The molecule has 0 radical (unpaired) electrons. The van der Waals surface area contributed by atoms with Crippen molar-refractivity contribution in [1.29, 1.82) is 0 Å². The average Bonchev–Trinajstić information content (AvgIpc) is 3.41. The zero-order chi connectivity index (χ0) is 22.8. The molecule has 1 unspecified atom stereocenters. The number of ether oxygens (including phenoxy) is 1. The van der Waals surface area contributed by atoms with E-state index in [1.54, 1.807) is 25.4 Å². The minimum atomic E-state index is -0.697. The van der Waals surface area contributed by atoms with Gasteiger partial charge in [0.2, 0.25) is 5.91 Å². The number of hydrogen-bond acceptors (Lipinski definition) is 7. The standard InChI is InChI=1S/C22H20BrFN4O3S/c1-3-31-22(30)18-17-8-13(10-26-12(2)29)11-28(17)20(21-25-6-7-32-21)27-19(18)15-5-4-14(24)9-16(15)23/h4-7,9-10,13,19H,3,8,11H2,1-2H3/t13?,19-/m0/s1. The molecule has 10 heteroatoms. The first-order chi connectivity index (χ1) is 15.4. The molecule has 3 heterocycles. The monoisotopic (exact) mass is 518 g/mol. The van der Waals surface area contributed by atoms with Gasteiger partial charge >= 0.3 is 5.97 Å². The minimum absolute atomic E-state index is 0.0844. The summed E-state index contributed by atoms with van der Waals surface area (Å²) in [6.07, 6.45) is 3.81. The average molecular weight is 519 g/mol. The summed E-state index contributed by atoms with van der Waals surface area (Å²) in [4.78, 5) is 39.7. The molecular weight excluding hydrogens is 499 g/mol. The van der Waals surface area contributed by atoms with Crippen molar-refractivity contribution in [2.75, 3.05) is 13.2 Å². The van der Waals surface area contributed by atoms with Gasteiger partial charge in [-0.25, -0.2) is 19.2 Å². The number of nitrogens with zero attached hydrogens (tertiary/aromatic N) is 4. The van der Waals surface area contributed by atoms with Gasteiger partial charge in [0.05, 0.1) is 12.2 Å². The highest BCUT2D eigenvalue weighted by Crippen LogP contribution is 2.43.